The molecule has 1 N–H and O–H groups in total. The quantitative estimate of drug-likeness (QED) is 0.628. The maximum atomic E-state index is 4.79. The van der Waals surface area contributed by atoms with Gasteiger partial charge in [0.15, 0.2) is 4.77 Å². The van der Waals surface area contributed by atoms with E-state index in [2.05, 4.69) is 23.8 Å². The average molecular weight is 154 g/mol. The highest BCUT2D eigenvalue weighted by Crippen LogP contribution is 2.09. The van der Waals surface area contributed by atoms with Gasteiger partial charge in [0.05, 0.1) is 0 Å². The summed E-state index contributed by atoms with van der Waals surface area (Å²) in [4.78, 5) is 6.84. The monoisotopic (exact) mass is 154 g/mol. The van der Waals surface area contributed by atoms with E-state index in [9.17, 15) is 0 Å². The summed E-state index contributed by atoms with van der Waals surface area (Å²) in [7, 11) is 0. The molecule has 0 aliphatic rings. The Kier molecular flexibility index (Phi) is 2.17. The van der Waals surface area contributed by atoms with Crippen LogP contribution in [0.15, 0.2) is 12.4 Å². The molecule has 0 spiro atoms. The van der Waals surface area contributed by atoms with Crippen molar-refractivity contribution >= 4 is 12.2 Å². The highest BCUT2D eigenvalue weighted by Gasteiger charge is 1.95. The Balaban J connectivity index is 3.00. The van der Waals surface area contributed by atoms with Crippen LogP contribution < -0.4 is 0 Å². The van der Waals surface area contributed by atoms with Crippen LogP contribution >= 0.6 is 12.2 Å². The van der Waals surface area contributed by atoms with Crippen LogP contribution in [0.3, 0.4) is 0 Å². The van der Waals surface area contributed by atoms with Crippen LogP contribution in [0.2, 0.25) is 0 Å². The van der Waals surface area contributed by atoms with Gasteiger partial charge in [-0.25, -0.2) is 4.98 Å². The number of aromatic nitrogens is 2. The van der Waals surface area contributed by atoms with E-state index in [0.717, 1.165) is 0 Å². The lowest BCUT2D eigenvalue weighted by Gasteiger charge is -2.01. The van der Waals surface area contributed by atoms with Crippen molar-refractivity contribution in [2.45, 2.75) is 19.8 Å². The second-order valence-electron chi connectivity index (χ2n) is 2.51. The van der Waals surface area contributed by atoms with Crippen molar-refractivity contribution < 1.29 is 0 Å². The highest BCUT2D eigenvalue weighted by molar-refractivity contribution is 7.71. The molecule has 0 fully saturated rings. The second-order valence-corrected chi connectivity index (χ2v) is 2.89. The van der Waals surface area contributed by atoms with Crippen molar-refractivity contribution in [1.29, 1.82) is 0 Å². The smallest absolute Gasteiger partial charge is 0.196 e. The fraction of sp³-hybridized carbons (Fsp3) is 0.429. The maximum absolute atomic E-state index is 4.79. The summed E-state index contributed by atoms with van der Waals surface area (Å²) in [5.41, 5.74) is 1.19. The number of nitrogens with one attached hydrogen (secondary N) is 1. The van der Waals surface area contributed by atoms with Gasteiger partial charge in [0.2, 0.25) is 0 Å². The third-order valence-electron chi connectivity index (χ3n) is 1.36. The first kappa shape index (κ1) is 7.41. The van der Waals surface area contributed by atoms with Crippen LogP contribution in [0.25, 0.3) is 0 Å². The van der Waals surface area contributed by atoms with Crippen molar-refractivity contribution in [3.8, 4) is 0 Å². The lowest BCUT2D eigenvalue weighted by Crippen LogP contribution is -1.90. The Bertz CT molecular complexity index is 244. The Hall–Kier alpha value is -0.700. The van der Waals surface area contributed by atoms with Gasteiger partial charge < -0.3 is 4.98 Å². The van der Waals surface area contributed by atoms with Crippen molar-refractivity contribution in [1.82, 2.24) is 9.97 Å². The van der Waals surface area contributed by atoms with Gasteiger partial charge in [0, 0.05) is 12.4 Å². The van der Waals surface area contributed by atoms with Gasteiger partial charge >= 0.3 is 0 Å². The van der Waals surface area contributed by atoms with Gasteiger partial charge in [-0.3, -0.25) is 0 Å². The van der Waals surface area contributed by atoms with Crippen LogP contribution in [0.4, 0.5) is 0 Å². The van der Waals surface area contributed by atoms with Crippen LogP contribution in [-0.4, -0.2) is 9.97 Å². The fourth-order valence-electron chi connectivity index (χ4n) is 0.669. The average Bonchev–Trinajstić information content (AvgIpc) is 1.88. The molecular formula is C7H10N2S. The summed E-state index contributed by atoms with van der Waals surface area (Å²) in [6.07, 6.45) is 3.71. The third kappa shape index (κ3) is 1.64. The Labute approximate surface area is 65.3 Å². The first-order valence-electron chi connectivity index (χ1n) is 3.25. The molecule has 0 saturated heterocycles. The Morgan fingerprint density at radius 2 is 2.30 bits per heavy atom. The molecule has 0 radical (unpaired) electrons. The molecule has 1 aromatic rings. The molecule has 0 unspecified atom stereocenters. The molecule has 0 saturated carbocycles. The third-order valence-corrected chi connectivity index (χ3v) is 1.58. The summed E-state index contributed by atoms with van der Waals surface area (Å²) in [6, 6.07) is 0. The van der Waals surface area contributed by atoms with E-state index in [0.29, 0.717) is 10.7 Å². The molecular weight excluding hydrogens is 144 g/mol. The molecule has 0 aliphatic heterocycles. The topological polar surface area (TPSA) is 28.7 Å². The summed E-state index contributed by atoms with van der Waals surface area (Å²) in [6.45, 7) is 4.24. The van der Waals surface area contributed by atoms with Crippen molar-refractivity contribution in [2.75, 3.05) is 0 Å². The molecule has 1 rings (SSSR count). The Morgan fingerprint density at radius 1 is 1.60 bits per heavy atom. The molecule has 0 bridgehead atoms. The lowest BCUT2D eigenvalue weighted by molar-refractivity contribution is 0.843. The molecule has 10 heavy (non-hydrogen) atoms. The van der Waals surface area contributed by atoms with Gasteiger partial charge in [0.1, 0.15) is 0 Å². The van der Waals surface area contributed by atoms with Crippen LogP contribution in [0.5, 0.6) is 0 Å². The standard InChI is InChI=1S/C7H10N2S/c1-5(2)6-3-8-7(10)9-4-6/h3-5H,1-2H3,(H,8,9,10). The van der Waals surface area contributed by atoms with Crippen LogP contribution in [0.1, 0.15) is 25.3 Å². The molecule has 0 aromatic carbocycles. The zero-order valence-corrected chi connectivity index (χ0v) is 6.90. The summed E-state index contributed by atoms with van der Waals surface area (Å²) in [5.74, 6) is 0.513. The molecule has 0 atom stereocenters. The second kappa shape index (κ2) is 2.92. The molecule has 0 aliphatic carbocycles. The van der Waals surface area contributed by atoms with Gasteiger partial charge in [-0.05, 0) is 23.7 Å². The van der Waals surface area contributed by atoms with Crippen LogP contribution in [0, 0.1) is 4.77 Å². The minimum absolute atomic E-state index is 0.513. The van der Waals surface area contributed by atoms with Crippen molar-refractivity contribution in [3.63, 3.8) is 0 Å². The fourth-order valence-corrected chi connectivity index (χ4v) is 0.780. The SMILES string of the molecule is CC(C)c1cnc(=S)[nH]c1. The number of H-pyrrole nitrogens is 1. The normalized spacial score (nSPS) is 10.3. The summed E-state index contributed by atoms with van der Waals surface area (Å²) >= 11 is 4.79. The maximum Gasteiger partial charge on any atom is 0.196 e. The van der Waals surface area contributed by atoms with Crippen molar-refractivity contribution in [3.05, 3.63) is 22.7 Å². The zero-order chi connectivity index (χ0) is 7.56. The zero-order valence-electron chi connectivity index (χ0n) is 6.09. The largest absolute Gasteiger partial charge is 0.337 e. The van der Waals surface area contributed by atoms with Gasteiger partial charge in [-0.1, -0.05) is 13.8 Å². The first-order valence-corrected chi connectivity index (χ1v) is 3.65. The minimum atomic E-state index is 0.513. The van der Waals surface area contributed by atoms with E-state index in [-0.39, 0.29) is 0 Å². The predicted octanol–water partition coefficient (Wildman–Crippen LogP) is 2.26. The van der Waals surface area contributed by atoms with Gasteiger partial charge in [-0.15, -0.1) is 0 Å². The molecule has 2 nitrogen and oxygen atoms in total. The number of hydrogen-bond acceptors (Lipinski definition) is 2. The molecule has 0 amide bonds. The number of nitrogens with zero attached hydrogens (tertiary/aromatic N) is 1. The number of rotatable bonds is 1. The van der Waals surface area contributed by atoms with Crippen LogP contribution in [-0.2, 0) is 0 Å². The van der Waals surface area contributed by atoms with E-state index in [1.807, 2.05) is 12.4 Å². The van der Waals surface area contributed by atoms with Crippen molar-refractivity contribution in [2.24, 2.45) is 0 Å². The first-order chi connectivity index (χ1) is 4.70. The lowest BCUT2D eigenvalue weighted by atomic mass is 10.1. The molecule has 54 valence electrons. The van der Waals surface area contributed by atoms with E-state index >= 15 is 0 Å². The number of aromatic amines is 1. The van der Waals surface area contributed by atoms with E-state index < -0.39 is 0 Å². The molecule has 1 heterocycles. The molecule has 1 aromatic heterocycles. The van der Waals surface area contributed by atoms with Gasteiger partial charge in [-0.2, -0.15) is 0 Å². The minimum Gasteiger partial charge on any atom is -0.337 e. The predicted molar refractivity (Wildman–Crippen MR) is 43.5 cm³/mol. The summed E-state index contributed by atoms with van der Waals surface area (Å²) < 4.78 is 0.546. The highest BCUT2D eigenvalue weighted by atomic mass is 32.1. The van der Waals surface area contributed by atoms with Gasteiger partial charge in [0.25, 0.3) is 0 Å². The molecule has 3 heteroatoms. The van der Waals surface area contributed by atoms with E-state index in [1.165, 1.54) is 5.56 Å². The van der Waals surface area contributed by atoms with E-state index in [1.54, 1.807) is 0 Å². The Morgan fingerprint density at radius 3 is 2.70 bits per heavy atom. The van der Waals surface area contributed by atoms with E-state index in [4.69, 9.17) is 12.2 Å². The summed E-state index contributed by atoms with van der Waals surface area (Å²) in [5, 5.41) is 0. The number of hydrogen-bond donors (Lipinski definition) is 1.